The van der Waals surface area contributed by atoms with Crippen molar-refractivity contribution in [3.63, 3.8) is 0 Å². The Hall–Kier alpha value is -1.72. The second-order valence-corrected chi connectivity index (χ2v) is 4.71. The lowest BCUT2D eigenvalue weighted by atomic mass is 10.1. The van der Waals surface area contributed by atoms with Gasteiger partial charge in [-0.15, -0.1) is 0 Å². The lowest BCUT2D eigenvalue weighted by Crippen LogP contribution is -2.21. The monoisotopic (exact) mass is 265 g/mol. The molecule has 2 rings (SSSR count). The van der Waals surface area contributed by atoms with Crippen molar-refractivity contribution in [2.75, 3.05) is 13.1 Å². The SMILES string of the molecule is O=C(O)C=Cc1cc(CN2CCC(O)C2)ccc1F. The van der Waals surface area contributed by atoms with E-state index in [1.54, 1.807) is 12.1 Å². The van der Waals surface area contributed by atoms with Gasteiger partial charge in [-0.2, -0.15) is 0 Å². The number of aliphatic hydroxyl groups excluding tert-OH is 1. The third-order valence-electron chi connectivity index (χ3n) is 3.12. The van der Waals surface area contributed by atoms with E-state index in [1.165, 1.54) is 12.1 Å². The third-order valence-corrected chi connectivity index (χ3v) is 3.12. The largest absolute Gasteiger partial charge is 0.478 e. The maximum atomic E-state index is 13.5. The number of aliphatic carboxylic acids is 1. The van der Waals surface area contributed by atoms with Gasteiger partial charge in [-0.05, 0) is 30.2 Å². The number of rotatable bonds is 4. The first-order chi connectivity index (χ1) is 9.04. The van der Waals surface area contributed by atoms with E-state index in [0.29, 0.717) is 13.1 Å². The first-order valence-electron chi connectivity index (χ1n) is 6.14. The van der Waals surface area contributed by atoms with Gasteiger partial charge in [-0.3, -0.25) is 4.90 Å². The summed E-state index contributed by atoms with van der Waals surface area (Å²) in [7, 11) is 0. The van der Waals surface area contributed by atoms with Crippen molar-refractivity contribution in [2.24, 2.45) is 0 Å². The average molecular weight is 265 g/mol. The Morgan fingerprint density at radius 1 is 1.53 bits per heavy atom. The molecular weight excluding hydrogens is 249 g/mol. The van der Waals surface area contributed by atoms with Crippen LogP contribution < -0.4 is 0 Å². The van der Waals surface area contributed by atoms with Crippen LogP contribution in [0.3, 0.4) is 0 Å². The summed E-state index contributed by atoms with van der Waals surface area (Å²) in [5.74, 6) is -1.55. The predicted molar refractivity (Wildman–Crippen MR) is 69.0 cm³/mol. The Bertz CT molecular complexity index is 501. The minimum atomic E-state index is -1.10. The van der Waals surface area contributed by atoms with Gasteiger partial charge in [0.25, 0.3) is 0 Å². The number of nitrogens with zero attached hydrogens (tertiary/aromatic N) is 1. The highest BCUT2D eigenvalue weighted by Crippen LogP contribution is 2.17. The molecule has 102 valence electrons. The van der Waals surface area contributed by atoms with E-state index in [1.807, 2.05) is 0 Å². The summed E-state index contributed by atoms with van der Waals surface area (Å²) in [6, 6.07) is 4.65. The van der Waals surface area contributed by atoms with E-state index >= 15 is 0 Å². The number of carboxylic acid groups (broad SMARTS) is 1. The van der Waals surface area contributed by atoms with Gasteiger partial charge in [0.15, 0.2) is 0 Å². The Balaban J connectivity index is 2.09. The minimum absolute atomic E-state index is 0.264. The summed E-state index contributed by atoms with van der Waals surface area (Å²) >= 11 is 0. The molecule has 19 heavy (non-hydrogen) atoms. The molecule has 1 unspecified atom stereocenters. The first-order valence-corrected chi connectivity index (χ1v) is 6.14. The summed E-state index contributed by atoms with van der Waals surface area (Å²) in [4.78, 5) is 12.5. The van der Waals surface area contributed by atoms with Crippen LogP contribution in [0.15, 0.2) is 24.3 Å². The van der Waals surface area contributed by atoms with Gasteiger partial charge in [-0.25, -0.2) is 9.18 Å². The van der Waals surface area contributed by atoms with Crippen molar-refractivity contribution in [1.82, 2.24) is 4.90 Å². The van der Waals surface area contributed by atoms with Crippen molar-refractivity contribution >= 4 is 12.0 Å². The molecule has 1 aliphatic heterocycles. The van der Waals surface area contributed by atoms with Crippen LogP contribution in [0.25, 0.3) is 6.08 Å². The van der Waals surface area contributed by atoms with E-state index < -0.39 is 11.8 Å². The van der Waals surface area contributed by atoms with Crippen LogP contribution in [0.2, 0.25) is 0 Å². The Morgan fingerprint density at radius 2 is 2.32 bits per heavy atom. The standard InChI is InChI=1S/C14H16FNO3/c15-13-3-1-10(7-11(13)2-4-14(18)19)8-16-6-5-12(17)9-16/h1-4,7,12,17H,5-6,8-9H2,(H,18,19). The lowest BCUT2D eigenvalue weighted by molar-refractivity contribution is -0.131. The van der Waals surface area contributed by atoms with Gasteiger partial charge >= 0.3 is 5.97 Å². The summed E-state index contributed by atoms with van der Waals surface area (Å²) < 4.78 is 13.5. The molecule has 1 heterocycles. The number of halogens is 1. The molecule has 1 aromatic rings. The molecule has 0 radical (unpaired) electrons. The Kier molecular flexibility index (Phi) is 4.29. The van der Waals surface area contributed by atoms with Crippen LogP contribution in [0.5, 0.6) is 0 Å². The van der Waals surface area contributed by atoms with E-state index in [4.69, 9.17) is 5.11 Å². The zero-order valence-corrected chi connectivity index (χ0v) is 10.4. The highest BCUT2D eigenvalue weighted by Gasteiger charge is 2.20. The highest BCUT2D eigenvalue weighted by atomic mass is 19.1. The number of β-amino-alcohol motifs (C(OH)–C–C–N with tert-alkyl or cyclic N) is 1. The quantitative estimate of drug-likeness (QED) is 0.810. The van der Waals surface area contributed by atoms with Gasteiger partial charge in [0.2, 0.25) is 0 Å². The summed E-state index contributed by atoms with van der Waals surface area (Å²) in [5.41, 5.74) is 1.17. The Labute approximate surface area is 110 Å². The predicted octanol–water partition coefficient (Wildman–Crippen LogP) is 1.49. The highest BCUT2D eigenvalue weighted by molar-refractivity contribution is 5.85. The van der Waals surface area contributed by atoms with Crippen LogP contribution in [0.1, 0.15) is 17.5 Å². The second-order valence-electron chi connectivity index (χ2n) is 4.71. The van der Waals surface area contributed by atoms with Crippen molar-refractivity contribution in [2.45, 2.75) is 19.1 Å². The molecule has 0 bridgehead atoms. The van der Waals surface area contributed by atoms with Crippen molar-refractivity contribution in [3.05, 3.63) is 41.2 Å². The molecule has 0 amide bonds. The molecule has 1 saturated heterocycles. The molecule has 5 heteroatoms. The third kappa shape index (κ3) is 3.87. The van der Waals surface area contributed by atoms with Crippen molar-refractivity contribution in [1.29, 1.82) is 0 Å². The number of aliphatic hydroxyl groups is 1. The summed E-state index contributed by atoms with van der Waals surface area (Å²) in [6.07, 6.45) is 2.64. The van der Waals surface area contributed by atoms with Crippen molar-refractivity contribution in [3.8, 4) is 0 Å². The molecule has 1 fully saturated rings. The number of carbonyl (C=O) groups is 1. The molecule has 1 atom stereocenters. The zero-order valence-electron chi connectivity index (χ0n) is 10.4. The van der Waals surface area contributed by atoms with Crippen LogP contribution in [0.4, 0.5) is 4.39 Å². The fourth-order valence-electron chi connectivity index (χ4n) is 2.19. The maximum absolute atomic E-state index is 13.5. The zero-order chi connectivity index (χ0) is 13.8. The molecule has 1 aromatic carbocycles. The van der Waals surface area contributed by atoms with E-state index in [0.717, 1.165) is 24.6 Å². The number of benzene rings is 1. The molecule has 0 aromatic heterocycles. The first kappa shape index (κ1) is 13.7. The molecule has 4 nitrogen and oxygen atoms in total. The van der Waals surface area contributed by atoms with Crippen LogP contribution >= 0.6 is 0 Å². The molecule has 0 spiro atoms. The number of hydrogen-bond acceptors (Lipinski definition) is 3. The van der Waals surface area contributed by atoms with Gasteiger partial charge in [0.1, 0.15) is 5.82 Å². The number of likely N-dealkylation sites (tertiary alicyclic amines) is 1. The smallest absolute Gasteiger partial charge is 0.328 e. The van der Waals surface area contributed by atoms with Gasteiger partial charge in [-0.1, -0.05) is 6.07 Å². The van der Waals surface area contributed by atoms with Gasteiger partial charge < -0.3 is 10.2 Å². The fourth-order valence-corrected chi connectivity index (χ4v) is 2.19. The van der Waals surface area contributed by atoms with Crippen molar-refractivity contribution < 1.29 is 19.4 Å². The molecular formula is C14H16FNO3. The molecule has 1 aliphatic rings. The minimum Gasteiger partial charge on any atom is -0.478 e. The van der Waals surface area contributed by atoms with E-state index in [9.17, 15) is 14.3 Å². The maximum Gasteiger partial charge on any atom is 0.328 e. The molecule has 0 saturated carbocycles. The van der Waals surface area contributed by atoms with Gasteiger partial charge in [0.05, 0.1) is 6.10 Å². The van der Waals surface area contributed by atoms with E-state index in [-0.39, 0.29) is 11.7 Å². The van der Waals surface area contributed by atoms with Crippen LogP contribution in [-0.4, -0.2) is 40.3 Å². The van der Waals surface area contributed by atoms with Crippen LogP contribution in [-0.2, 0) is 11.3 Å². The summed E-state index contributed by atoms with van der Waals surface area (Å²) in [6.45, 7) is 2.07. The number of carboxylic acids is 1. The molecule has 0 aliphatic carbocycles. The number of hydrogen-bond donors (Lipinski definition) is 2. The fraction of sp³-hybridized carbons (Fsp3) is 0.357. The topological polar surface area (TPSA) is 60.8 Å². The normalized spacial score (nSPS) is 20.2. The van der Waals surface area contributed by atoms with Gasteiger partial charge in [0, 0.05) is 31.3 Å². The Morgan fingerprint density at radius 3 is 2.95 bits per heavy atom. The molecule has 2 N–H and O–H groups in total. The van der Waals surface area contributed by atoms with E-state index in [2.05, 4.69) is 4.90 Å². The lowest BCUT2D eigenvalue weighted by Gasteiger charge is -2.15. The summed E-state index contributed by atoms with van der Waals surface area (Å²) in [5, 5.41) is 18.0. The average Bonchev–Trinajstić information content (AvgIpc) is 2.75. The second kappa shape index (κ2) is 5.95. The van der Waals surface area contributed by atoms with Crippen LogP contribution in [0, 0.1) is 5.82 Å².